The molecule has 1 fully saturated rings. The van der Waals surface area contributed by atoms with Crippen molar-refractivity contribution in [1.29, 1.82) is 0 Å². The van der Waals surface area contributed by atoms with Gasteiger partial charge in [0.15, 0.2) is 0 Å². The minimum absolute atomic E-state index is 0.161. The molecular formula is C22H28N2O5. The van der Waals surface area contributed by atoms with Gasteiger partial charge in [0, 0.05) is 12.5 Å². The number of nitrogens with one attached hydrogen (secondary N) is 1. The van der Waals surface area contributed by atoms with Crippen molar-refractivity contribution in [2.24, 2.45) is 11.8 Å². The van der Waals surface area contributed by atoms with Crippen LogP contribution in [0.25, 0.3) is 0 Å². The van der Waals surface area contributed by atoms with E-state index in [-0.39, 0.29) is 30.2 Å². The van der Waals surface area contributed by atoms with Gasteiger partial charge in [0.1, 0.15) is 6.04 Å². The fourth-order valence-electron chi connectivity index (χ4n) is 4.36. The Morgan fingerprint density at radius 1 is 1.14 bits per heavy atom. The summed E-state index contributed by atoms with van der Waals surface area (Å²) < 4.78 is 0. The molecule has 0 saturated heterocycles. The molecule has 1 aliphatic heterocycles. The first-order valence-corrected chi connectivity index (χ1v) is 10.4. The maximum Gasteiger partial charge on any atom is 0.326 e. The van der Waals surface area contributed by atoms with Gasteiger partial charge in [-0.2, -0.15) is 0 Å². The molecule has 1 saturated carbocycles. The van der Waals surface area contributed by atoms with Crippen molar-refractivity contribution >= 4 is 23.7 Å². The highest BCUT2D eigenvalue weighted by Crippen LogP contribution is 2.33. The molecule has 3 atom stereocenters. The standard InChI is InChI=1S/C22H28N2O5/c1-2-3-12-18(22(28)29)23-19(25)15-9-5-4-8-14(15)13-24-20(26)16-10-6-7-11-17(16)21(24)27/h6-7,10-11,14-15,18H,2-5,8-9,12-13H2,1H3,(H,23,25)(H,28,29). The largest absolute Gasteiger partial charge is 0.480 e. The van der Waals surface area contributed by atoms with Crippen molar-refractivity contribution < 1.29 is 24.3 Å². The number of unbranched alkanes of at least 4 members (excludes halogenated alkanes) is 1. The van der Waals surface area contributed by atoms with Gasteiger partial charge in [-0.3, -0.25) is 19.3 Å². The Hall–Kier alpha value is -2.70. The first kappa shape index (κ1) is 21.0. The van der Waals surface area contributed by atoms with Crippen LogP contribution >= 0.6 is 0 Å². The molecule has 1 aliphatic carbocycles. The van der Waals surface area contributed by atoms with Crippen LogP contribution in [0.3, 0.4) is 0 Å². The molecule has 29 heavy (non-hydrogen) atoms. The minimum atomic E-state index is -1.03. The van der Waals surface area contributed by atoms with E-state index in [2.05, 4.69) is 5.32 Å². The molecule has 0 radical (unpaired) electrons. The molecule has 7 heteroatoms. The highest BCUT2D eigenvalue weighted by atomic mass is 16.4. The number of nitrogens with zero attached hydrogens (tertiary/aromatic N) is 1. The maximum atomic E-state index is 12.9. The maximum absolute atomic E-state index is 12.9. The van der Waals surface area contributed by atoms with Crippen molar-refractivity contribution in [3.63, 3.8) is 0 Å². The fraction of sp³-hybridized carbons (Fsp3) is 0.545. The average molecular weight is 400 g/mol. The zero-order valence-electron chi connectivity index (χ0n) is 16.7. The van der Waals surface area contributed by atoms with E-state index in [0.29, 0.717) is 24.0 Å². The number of amides is 3. The second-order valence-corrected chi connectivity index (χ2v) is 7.96. The lowest BCUT2D eigenvalue weighted by molar-refractivity contribution is -0.143. The van der Waals surface area contributed by atoms with Gasteiger partial charge in [0.2, 0.25) is 5.91 Å². The number of fused-ring (bicyclic) bond motifs is 1. The van der Waals surface area contributed by atoms with Crippen LogP contribution in [0.15, 0.2) is 24.3 Å². The van der Waals surface area contributed by atoms with E-state index in [1.807, 2.05) is 6.92 Å². The van der Waals surface area contributed by atoms with Gasteiger partial charge in [-0.1, -0.05) is 44.7 Å². The highest BCUT2D eigenvalue weighted by molar-refractivity contribution is 6.21. The van der Waals surface area contributed by atoms with Crippen molar-refractivity contribution in [3.8, 4) is 0 Å². The lowest BCUT2D eigenvalue weighted by Crippen LogP contribution is -2.48. The topological polar surface area (TPSA) is 104 Å². The summed E-state index contributed by atoms with van der Waals surface area (Å²) in [5, 5.41) is 12.1. The summed E-state index contributed by atoms with van der Waals surface area (Å²) in [6.45, 7) is 2.16. The molecular weight excluding hydrogens is 372 g/mol. The zero-order chi connectivity index (χ0) is 21.0. The molecule has 1 heterocycles. The third-order valence-corrected chi connectivity index (χ3v) is 6.00. The van der Waals surface area contributed by atoms with Crippen molar-refractivity contribution in [1.82, 2.24) is 10.2 Å². The van der Waals surface area contributed by atoms with Crippen LogP contribution in [-0.2, 0) is 9.59 Å². The summed E-state index contributed by atoms with van der Waals surface area (Å²) in [5.41, 5.74) is 0.805. The van der Waals surface area contributed by atoms with Gasteiger partial charge < -0.3 is 10.4 Å². The number of imide groups is 1. The summed E-state index contributed by atoms with van der Waals surface area (Å²) in [6, 6.07) is 5.85. The van der Waals surface area contributed by atoms with E-state index in [1.54, 1.807) is 24.3 Å². The SMILES string of the molecule is CCCCC(NC(=O)C1CCCCC1CN1C(=O)c2ccccc2C1=O)C(=O)O. The zero-order valence-corrected chi connectivity index (χ0v) is 16.7. The summed E-state index contributed by atoms with van der Waals surface area (Å²) in [4.78, 5) is 50.9. The molecule has 0 aromatic heterocycles. The van der Waals surface area contributed by atoms with Crippen LogP contribution in [0.1, 0.15) is 72.6 Å². The van der Waals surface area contributed by atoms with E-state index in [4.69, 9.17) is 0 Å². The van der Waals surface area contributed by atoms with Crippen molar-refractivity contribution in [3.05, 3.63) is 35.4 Å². The summed E-state index contributed by atoms with van der Waals surface area (Å²) in [6.07, 6.45) is 5.15. The number of benzene rings is 1. The predicted octanol–water partition coefficient (Wildman–Crippen LogP) is 2.85. The number of carbonyl (C=O) groups is 4. The lowest BCUT2D eigenvalue weighted by atomic mass is 9.78. The molecule has 156 valence electrons. The summed E-state index contributed by atoms with van der Waals surface area (Å²) in [5.74, 6) is -2.50. The van der Waals surface area contributed by atoms with E-state index >= 15 is 0 Å². The third kappa shape index (κ3) is 4.49. The second kappa shape index (κ2) is 9.20. The van der Waals surface area contributed by atoms with Gasteiger partial charge in [-0.15, -0.1) is 0 Å². The molecule has 0 spiro atoms. The first-order valence-electron chi connectivity index (χ1n) is 10.4. The van der Waals surface area contributed by atoms with Crippen LogP contribution in [-0.4, -0.2) is 46.3 Å². The van der Waals surface area contributed by atoms with Gasteiger partial charge in [-0.25, -0.2) is 4.79 Å². The molecule has 2 N–H and O–H groups in total. The molecule has 3 amide bonds. The third-order valence-electron chi connectivity index (χ3n) is 6.00. The first-order chi connectivity index (χ1) is 13.9. The predicted molar refractivity (Wildman–Crippen MR) is 106 cm³/mol. The van der Waals surface area contributed by atoms with E-state index in [9.17, 15) is 24.3 Å². The van der Waals surface area contributed by atoms with Crippen LogP contribution in [0.5, 0.6) is 0 Å². The number of carboxylic acids is 1. The Balaban J connectivity index is 1.70. The minimum Gasteiger partial charge on any atom is -0.480 e. The number of rotatable bonds is 8. The molecule has 3 rings (SSSR count). The van der Waals surface area contributed by atoms with E-state index in [0.717, 1.165) is 32.1 Å². The van der Waals surface area contributed by atoms with Crippen LogP contribution in [0.2, 0.25) is 0 Å². The van der Waals surface area contributed by atoms with Crippen LogP contribution < -0.4 is 5.32 Å². The number of hydrogen-bond donors (Lipinski definition) is 2. The second-order valence-electron chi connectivity index (χ2n) is 7.96. The Kier molecular flexibility index (Phi) is 6.67. The van der Waals surface area contributed by atoms with Gasteiger partial charge in [-0.05, 0) is 37.3 Å². The van der Waals surface area contributed by atoms with Crippen LogP contribution in [0.4, 0.5) is 0 Å². The van der Waals surface area contributed by atoms with E-state index < -0.39 is 17.9 Å². The smallest absolute Gasteiger partial charge is 0.326 e. The quantitative estimate of drug-likeness (QED) is 0.653. The summed E-state index contributed by atoms with van der Waals surface area (Å²) in [7, 11) is 0. The number of aliphatic carboxylic acids is 1. The monoisotopic (exact) mass is 400 g/mol. The molecule has 7 nitrogen and oxygen atoms in total. The Labute approximate surface area is 170 Å². The highest BCUT2D eigenvalue weighted by Gasteiger charge is 2.40. The van der Waals surface area contributed by atoms with E-state index in [1.165, 1.54) is 4.90 Å². The van der Waals surface area contributed by atoms with Crippen molar-refractivity contribution in [2.45, 2.75) is 57.9 Å². The van der Waals surface area contributed by atoms with Crippen molar-refractivity contribution in [2.75, 3.05) is 6.54 Å². The Morgan fingerprint density at radius 2 is 1.76 bits per heavy atom. The molecule has 2 aliphatic rings. The number of hydrogen-bond acceptors (Lipinski definition) is 4. The Morgan fingerprint density at radius 3 is 2.34 bits per heavy atom. The Bertz CT molecular complexity index is 771. The molecule has 1 aromatic rings. The summed E-state index contributed by atoms with van der Waals surface area (Å²) >= 11 is 0. The normalized spacial score (nSPS) is 22.3. The van der Waals surface area contributed by atoms with Gasteiger partial charge in [0.25, 0.3) is 11.8 Å². The lowest BCUT2D eigenvalue weighted by Gasteiger charge is -2.33. The van der Waals surface area contributed by atoms with Crippen LogP contribution in [0, 0.1) is 11.8 Å². The molecule has 3 unspecified atom stereocenters. The fourth-order valence-corrected chi connectivity index (χ4v) is 4.36. The van der Waals surface area contributed by atoms with Gasteiger partial charge in [0.05, 0.1) is 11.1 Å². The number of carboxylic acid groups (broad SMARTS) is 1. The molecule has 1 aromatic carbocycles. The van der Waals surface area contributed by atoms with Gasteiger partial charge >= 0.3 is 5.97 Å². The average Bonchev–Trinajstić information content (AvgIpc) is 2.96. The number of carbonyl (C=O) groups excluding carboxylic acids is 3. The molecule has 0 bridgehead atoms.